The molecular formula is C11H22N2O2S. The van der Waals surface area contributed by atoms with Crippen molar-refractivity contribution in [1.82, 2.24) is 10.2 Å². The number of nitrogens with zero attached hydrogens (tertiary/aromatic N) is 1. The second-order valence-electron chi connectivity index (χ2n) is 5.08. The van der Waals surface area contributed by atoms with Gasteiger partial charge < -0.3 is 5.32 Å². The normalized spacial score (nSPS) is 35.1. The van der Waals surface area contributed by atoms with Crippen LogP contribution in [0.5, 0.6) is 0 Å². The zero-order chi connectivity index (χ0) is 11.6. The highest BCUT2D eigenvalue weighted by Crippen LogP contribution is 2.21. The van der Waals surface area contributed by atoms with E-state index in [1.165, 1.54) is 19.3 Å². The Hall–Kier alpha value is -0.130. The van der Waals surface area contributed by atoms with Gasteiger partial charge in [0.1, 0.15) is 0 Å². The van der Waals surface area contributed by atoms with Crippen molar-refractivity contribution in [2.45, 2.75) is 37.8 Å². The summed E-state index contributed by atoms with van der Waals surface area (Å²) in [4.78, 5) is 2.29. The Kier molecular flexibility index (Phi) is 3.87. The van der Waals surface area contributed by atoms with Crippen LogP contribution in [-0.2, 0) is 9.84 Å². The second kappa shape index (κ2) is 5.02. The molecule has 2 rings (SSSR count). The summed E-state index contributed by atoms with van der Waals surface area (Å²) in [5, 5.41) is 3.43. The van der Waals surface area contributed by atoms with Gasteiger partial charge in [-0.15, -0.1) is 0 Å². The van der Waals surface area contributed by atoms with Crippen LogP contribution in [-0.4, -0.2) is 57.0 Å². The maximum Gasteiger partial charge on any atom is 0.151 e. The third kappa shape index (κ3) is 2.96. The highest BCUT2D eigenvalue weighted by molar-refractivity contribution is 7.91. The molecule has 94 valence electrons. The molecule has 0 aliphatic carbocycles. The molecule has 5 heteroatoms. The fourth-order valence-corrected chi connectivity index (χ4v) is 4.53. The summed E-state index contributed by atoms with van der Waals surface area (Å²) in [6.07, 6.45) is 4.50. The molecule has 2 heterocycles. The minimum Gasteiger partial charge on any atom is -0.315 e. The number of hydrogen-bond acceptors (Lipinski definition) is 4. The van der Waals surface area contributed by atoms with Crippen LogP contribution in [0, 0.1) is 0 Å². The van der Waals surface area contributed by atoms with Crippen molar-refractivity contribution in [2.75, 3.05) is 31.6 Å². The second-order valence-corrected chi connectivity index (χ2v) is 7.30. The number of likely N-dealkylation sites (N-methyl/N-ethyl adjacent to an activating group) is 1. The van der Waals surface area contributed by atoms with Gasteiger partial charge in [-0.2, -0.15) is 0 Å². The summed E-state index contributed by atoms with van der Waals surface area (Å²) in [6, 6.07) is 0.760. The summed E-state index contributed by atoms with van der Waals surface area (Å²) >= 11 is 0. The van der Waals surface area contributed by atoms with E-state index >= 15 is 0 Å². The Bertz CT molecular complexity index is 321. The maximum atomic E-state index is 11.5. The van der Waals surface area contributed by atoms with E-state index in [1.807, 2.05) is 0 Å². The molecule has 2 aliphatic heterocycles. The largest absolute Gasteiger partial charge is 0.315 e. The maximum absolute atomic E-state index is 11.5. The molecule has 2 aliphatic rings. The molecule has 0 spiro atoms. The first-order valence-electron chi connectivity index (χ1n) is 6.21. The Morgan fingerprint density at radius 2 is 2.00 bits per heavy atom. The number of sulfone groups is 1. The van der Waals surface area contributed by atoms with Crippen LogP contribution in [0.1, 0.15) is 25.7 Å². The van der Waals surface area contributed by atoms with Crippen molar-refractivity contribution in [3.63, 3.8) is 0 Å². The van der Waals surface area contributed by atoms with E-state index in [0.29, 0.717) is 17.5 Å². The van der Waals surface area contributed by atoms with Crippen LogP contribution in [0.2, 0.25) is 0 Å². The Balaban J connectivity index is 1.93. The van der Waals surface area contributed by atoms with Crippen LogP contribution in [0.15, 0.2) is 0 Å². The Labute approximate surface area is 98.3 Å². The minimum absolute atomic E-state index is 0.245. The summed E-state index contributed by atoms with van der Waals surface area (Å²) in [5.74, 6) is 0.738. The van der Waals surface area contributed by atoms with E-state index in [0.717, 1.165) is 19.5 Å². The van der Waals surface area contributed by atoms with Crippen molar-refractivity contribution < 1.29 is 8.42 Å². The Morgan fingerprint density at radius 1 is 1.19 bits per heavy atom. The van der Waals surface area contributed by atoms with Gasteiger partial charge >= 0.3 is 0 Å². The quantitative estimate of drug-likeness (QED) is 0.759. The highest BCUT2D eigenvalue weighted by atomic mass is 32.2. The zero-order valence-electron chi connectivity index (χ0n) is 9.98. The molecule has 2 fully saturated rings. The number of rotatable bonds is 2. The average Bonchev–Trinajstić information content (AvgIpc) is 2.48. The van der Waals surface area contributed by atoms with Crippen LogP contribution in [0.25, 0.3) is 0 Å². The first-order valence-corrected chi connectivity index (χ1v) is 8.04. The summed E-state index contributed by atoms with van der Waals surface area (Å²) in [7, 11) is -0.664. The first-order chi connectivity index (χ1) is 7.58. The lowest BCUT2D eigenvalue weighted by Gasteiger charge is -2.31. The van der Waals surface area contributed by atoms with Gasteiger partial charge in [-0.05, 0) is 32.9 Å². The van der Waals surface area contributed by atoms with Crippen molar-refractivity contribution in [2.24, 2.45) is 0 Å². The summed E-state index contributed by atoms with van der Waals surface area (Å²) in [5.41, 5.74) is 0. The Morgan fingerprint density at radius 3 is 2.69 bits per heavy atom. The molecule has 1 N–H and O–H groups in total. The van der Waals surface area contributed by atoms with E-state index in [1.54, 1.807) is 0 Å². The third-order valence-electron chi connectivity index (χ3n) is 3.88. The molecule has 2 atom stereocenters. The van der Waals surface area contributed by atoms with Gasteiger partial charge in [-0.3, -0.25) is 4.90 Å². The van der Waals surface area contributed by atoms with E-state index in [-0.39, 0.29) is 6.04 Å². The fourth-order valence-electron chi connectivity index (χ4n) is 2.74. The molecule has 0 bridgehead atoms. The SMILES string of the molecule is CN(C1CCCCNC1)C1CCS(=O)(=O)C1. The first kappa shape index (κ1) is 12.3. The van der Waals surface area contributed by atoms with Crippen LogP contribution in [0.4, 0.5) is 0 Å². The molecule has 2 unspecified atom stereocenters. The van der Waals surface area contributed by atoms with Crippen molar-refractivity contribution >= 4 is 9.84 Å². The molecule has 0 radical (unpaired) electrons. The lowest BCUT2D eigenvalue weighted by molar-refractivity contribution is 0.179. The van der Waals surface area contributed by atoms with E-state index in [9.17, 15) is 8.42 Å². The fraction of sp³-hybridized carbons (Fsp3) is 1.00. The molecule has 0 amide bonds. The van der Waals surface area contributed by atoms with E-state index in [2.05, 4.69) is 17.3 Å². The van der Waals surface area contributed by atoms with Gasteiger partial charge in [-0.1, -0.05) is 6.42 Å². The van der Waals surface area contributed by atoms with Crippen LogP contribution < -0.4 is 5.32 Å². The smallest absolute Gasteiger partial charge is 0.151 e. The third-order valence-corrected chi connectivity index (χ3v) is 5.63. The van der Waals surface area contributed by atoms with Crippen molar-refractivity contribution in [3.8, 4) is 0 Å². The zero-order valence-corrected chi connectivity index (χ0v) is 10.8. The van der Waals surface area contributed by atoms with E-state index in [4.69, 9.17) is 0 Å². The van der Waals surface area contributed by atoms with Gasteiger partial charge in [0.15, 0.2) is 9.84 Å². The molecular weight excluding hydrogens is 224 g/mol. The van der Waals surface area contributed by atoms with Crippen molar-refractivity contribution in [1.29, 1.82) is 0 Å². The molecule has 4 nitrogen and oxygen atoms in total. The summed E-state index contributed by atoms with van der Waals surface area (Å²) in [6.45, 7) is 2.11. The number of nitrogens with one attached hydrogen (secondary N) is 1. The molecule has 16 heavy (non-hydrogen) atoms. The predicted octanol–water partition coefficient (Wildman–Crippen LogP) is 0.247. The van der Waals surface area contributed by atoms with Gasteiger partial charge in [0.05, 0.1) is 11.5 Å². The van der Waals surface area contributed by atoms with E-state index < -0.39 is 9.84 Å². The molecule has 0 aromatic heterocycles. The van der Waals surface area contributed by atoms with Gasteiger partial charge in [0, 0.05) is 18.6 Å². The molecule has 0 aromatic rings. The molecule has 0 saturated carbocycles. The van der Waals surface area contributed by atoms with Crippen LogP contribution >= 0.6 is 0 Å². The monoisotopic (exact) mass is 246 g/mol. The minimum atomic E-state index is -2.75. The number of hydrogen-bond donors (Lipinski definition) is 1. The van der Waals surface area contributed by atoms with Gasteiger partial charge in [-0.25, -0.2) is 8.42 Å². The topological polar surface area (TPSA) is 49.4 Å². The lowest BCUT2D eigenvalue weighted by Crippen LogP contribution is -2.45. The van der Waals surface area contributed by atoms with Crippen LogP contribution in [0.3, 0.4) is 0 Å². The predicted molar refractivity (Wildman–Crippen MR) is 65.3 cm³/mol. The molecule has 2 saturated heterocycles. The lowest BCUT2D eigenvalue weighted by atomic mass is 10.1. The van der Waals surface area contributed by atoms with Gasteiger partial charge in [0.25, 0.3) is 0 Å². The molecule has 0 aromatic carbocycles. The average molecular weight is 246 g/mol. The van der Waals surface area contributed by atoms with Gasteiger partial charge in [0.2, 0.25) is 0 Å². The summed E-state index contributed by atoms with van der Waals surface area (Å²) < 4.78 is 22.9. The highest BCUT2D eigenvalue weighted by Gasteiger charge is 2.33. The standard InChI is InChI=1S/C11H22N2O2S/c1-13(10-4-2-3-6-12-8-10)11-5-7-16(14,15)9-11/h10-12H,2-9H2,1H3. The van der Waals surface area contributed by atoms with Crippen molar-refractivity contribution in [3.05, 3.63) is 0 Å².